The van der Waals surface area contributed by atoms with E-state index in [2.05, 4.69) is 20.4 Å². The fourth-order valence-electron chi connectivity index (χ4n) is 2.44. The van der Waals surface area contributed by atoms with Gasteiger partial charge in [0.1, 0.15) is 0 Å². The van der Waals surface area contributed by atoms with Gasteiger partial charge >= 0.3 is 0 Å². The van der Waals surface area contributed by atoms with E-state index in [9.17, 15) is 4.79 Å². The Morgan fingerprint density at radius 1 is 1.60 bits per heavy atom. The summed E-state index contributed by atoms with van der Waals surface area (Å²) in [6.07, 6.45) is 2.71. The van der Waals surface area contributed by atoms with E-state index in [0.717, 1.165) is 38.2 Å². The molecule has 0 spiro atoms. The molecule has 1 amide bonds. The van der Waals surface area contributed by atoms with E-state index in [4.69, 9.17) is 10.3 Å². The first-order chi connectivity index (χ1) is 9.72. The molecule has 0 aliphatic carbocycles. The summed E-state index contributed by atoms with van der Waals surface area (Å²) in [5.41, 5.74) is 5.40. The molecule has 0 radical (unpaired) electrons. The van der Waals surface area contributed by atoms with E-state index in [1.807, 2.05) is 6.92 Å². The van der Waals surface area contributed by atoms with Gasteiger partial charge in [-0.05, 0) is 19.4 Å². The minimum absolute atomic E-state index is 0.0314. The Balaban J connectivity index is 1.85. The molecule has 1 aromatic rings. The minimum atomic E-state index is 0.0314. The summed E-state index contributed by atoms with van der Waals surface area (Å²) in [7, 11) is 0. The SMILES string of the molecule is CCc1noc(CN2CCCC(C(=O)NCCN)C2)n1. The molecule has 1 saturated heterocycles. The number of carbonyl (C=O) groups excluding carboxylic acids is 1. The van der Waals surface area contributed by atoms with Crippen LogP contribution in [-0.2, 0) is 17.8 Å². The Labute approximate surface area is 118 Å². The van der Waals surface area contributed by atoms with E-state index in [1.165, 1.54) is 0 Å². The predicted molar refractivity (Wildman–Crippen MR) is 73.7 cm³/mol. The summed E-state index contributed by atoms with van der Waals surface area (Å²) in [6.45, 7) is 5.33. The van der Waals surface area contributed by atoms with E-state index in [1.54, 1.807) is 0 Å². The molecular formula is C13H23N5O2. The lowest BCUT2D eigenvalue weighted by atomic mass is 9.97. The number of likely N-dealkylation sites (tertiary alicyclic amines) is 1. The quantitative estimate of drug-likeness (QED) is 0.757. The van der Waals surface area contributed by atoms with Crippen LogP contribution in [0.2, 0.25) is 0 Å². The van der Waals surface area contributed by atoms with Crippen molar-refractivity contribution in [1.29, 1.82) is 0 Å². The molecule has 1 aliphatic rings. The smallest absolute Gasteiger partial charge is 0.240 e. The molecule has 112 valence electrons. The van der Waals surface area contributed by atoms with E-state index in [-0.39, 0.29) is 11.8 Å². The van der Waals surface area contributed by atoms with Gasteiger partial charge < -0.3 is 15.6 Å². The fourth-order valence-corrected chi connectivity index (χ4v) is 2.44. The van der Waals surface area contributed by atoms with E-state index in [0.29, 0.717) is 25.5 Å². The molecule has 2 heterocycles. The van der Waals surface area contributed by atoms with Crippen LogP contribution in [0.15, 0.2) is 4.52 Å². The Kier molecular flexibility index (Phi) is 5.49. The summed E-state index contributed by atoms with van der Waals surface area (Å²) < 4.78 is 5.20. The maximum absolute atomic E-state index is 12.0. The summed E-state index contributed by atoms with van der Waals surface area (Å²) >= 11 is 0. The van der Waals surface area contributed by atoms with E-state index >= 15 is 0 Å². The molecule has 2 rings (SSSR count). The number of aryl methyl sites for hydroxylation is 1. The van der Waals surface area contributed by atoms with Gasteiger partial charge in [0.2, 0.25) is 11.8 Å². The van der Waals surface area contributed by atoms with Crippen molar-refractivity contribution >= 4 is 5.91 Å². The number of amides is 1. The Bertz CT molecular complexity index is 434. The summed E-state index contributed by atoms with van der Waals surface area (Å²) in [5.74, 6) is 1.49. The molecule has 1 unspecified atom stereocenters. The third-order valence-corrected chi connectivity index (χ3v) is 3.51. The van der Waals surface area contributed by atoms with Crippen LogP contribution in [0, 0.1) is 5.92 Å². The van der Waals surface area contributed by atoms with E-state index < -0.39 is 0 Å². The van der Waals surface area contributed by atoms with Crippen molar-refractivity contribution in [2.45, 2.75) is 32.7 Å². The summed E-state index contributed by atoms with van der Waals surface area (Å²) in [5, 5.41) is 6.75. The van der Waals surface area contributed by atoms with Crippen molar-refractivity contribution in [3.8, 4) is 0 Å². The number of nitrogens with two attached hydrogens (primary N) is 1. The van der Waals surface area contributed by atoms with Crippen molar-refractivity contribution in [2.75, 3.05) is 26.2 Å². The summed E-state index contributed by atoms with van der Waals surface area (Å²) in [4.78, 5) is 18.5. The van der Waals surface area contributed by atoms with Crippen LogP contribution in [0.25, 0.3) is 0 Å². The second kappa shape index (κ2) is 7.35. The molecule has 3 N–H and O–H groups in total. The first kappa shape index (κ1) is 14.9. The number of hydrogen-bond acceptors (Lipinski definition) is 6. The number of nitrogens with zero attached hydrogens (tertiary/aromatic N) is 3. The van der Waals surface area contributed by atoms with Crippen LogP contribution in [-0.4, -0.2) is 47.1 Å². The highest BCUT2D eigenvalue weighted by molar-refractivity contribution is 5.78. The van der Waals surface area contributed by atoms with Gasteiger partial charge in [-0.2, -0.15) is 4.98 Å². The number of nitrogens with one attached hydrogen (secondary N) is 1. The molecule has 0 saturated carbocycles. The van der Waals surface area contributed by atoms with Gasteiger partial charge in [0.25, 0.3) is 0 Å². The van der Waals surface area contributed by atoms with Gasteiger partial charge in [0, 0.05) is 26.1 Å². The molecule has 1 fully saturated rings. The number of carbonyl (C=O) groups is 1. The van der Waals surface area contributed by atoms with Gasteiger partial charge in [-0.25, -0.2) is 0 Å². The Morgan fingerprint density at radius 3 is 3.15 bits per heavy atom. The van der Waals surface area contributed by atoms with Gasteiger partial charge in [-0.1, -0.05) is 12.1 Å². The predicted octanol–water partition coefficient (Wildman–Crippen LogP) is -0.0811. The number of aromatic nitrogens is 2. The van der Waals surface area contributed by atoms with Crippen LogP contribution in [0.4, 0.5) is 0 Å². The zero-order chi connectivity index (χ0) is 14.4. The van der Waals surface area contributed by atoms with Gasteiger partial charge in [-0.15, -0.1) is 0 Å². The van der Waals surface area contributed by atoms with Gasteiger partial charge in [0.15, 0.2) is 5.82 Å². The summed E-state index contributed by atoms with van der Waals surface area (Å²) in [6, 6.07) is 0. The van der Waals surface area contributed by atoms with Gasteiger partial charge in [-0.3, -0.25) is 9.69 Å². The molecule has 20 heavy (non-hydrogen) atoms. The van der Waals surface area contributed by atoms with Crippen LogP contribution in [0.1, 0.15) is 31.5 Å². The second-order valence-corrected chi connectivity index (χ2v) is 5.11. The molecule has 7 nitrogen and oxygen atoms in total. The molecule has 7 heteroatoms. The average Bonchev–Trinajstić information content (AvgIpc) is 2.92. The lowest BCUT2D eigenvalue weighted by Crippen LogP contribution is -2.43. The third kappa shape index (κ3) is 4.01. The first-order valence-corrected chi connectivity index (χ1v) is 7.24. The van der Waals surface area contributed by atoms with Crippen molar-refractivity contribution < 1.29 is 9.32 Å². The molecule has 0 bridgehead atoms. The zero-order valence-corrected chi connectivity index (χ0v) is 12.0. The topological polar surface area (TPSA) is 97.3 Å². The molecule has 1 aliphatic heterocycles. The molecule has 0 aromatic carbocycles. The standard InChI is InChI=1S/C13H23N5O2/c1-2-11-16-12(20-17-11)9-18-7-3-4-10(8-18)13(19)15-6-5-14/h10H,2-9,14H2,1H3,(H,15,19). The third-order valence-electron chi connectivity index (χ3n) is 3.51. The van der Waals surface area contributed by atoms with Crippen LogP contribution < -0.4 is 11.1 Å². The Hall–Kier alpha value is -1.47. The van der Waals surface area contributed by atoms with Crippen LogP contribution in [0.5, 0.6) is 0 Å². The monoisotopic (exact) mass is 281 g/mol. The van der Waals surface area contributed by atoms with Crippen LogP contribution >= 0.6 is 0 Å². The maximum Gasteiger partial charge on any atom is 0.240 e. The molecule has 1 aromatic heterocycles. The Morgan fingerprint density at radius 2 is 2.45 bits per heavy atom. The average molecular weight is 281 g/mol. The molecular weight excluding hydrogens is 258 g/mol. The lowest BCUT2D eigenvalue weighted by molar-refractivity contribution is -0.126. The number of rotatable bonds is 6. The second-order valence-electron chi connectivity index (χ2n) is 5.11. The first-order valence-electron chi connectivity index (χ1n) is 7.24. The highest BCUT2D eigenvalue weighted by Gasteiger charge is 2.26. The number of piperidine rings is 1. The fraction of sp³-hybridized carbons (Fsp3) is 0.769. The largest absolute Gasteiger partial charge is 0.355 e. The van der Waals surface area contributed by atoms with Crippen molar-refractivity contribution in [3.05, 3.63) is 11.7 Å². The highest BCUT2D eigenvalue weighted by atomic mass is 16.5. The van der Waals surface area contributed by atoms with Crippen LogP contribution in [0.3, 0.4) is 0 Å². The normalized spacial score (nSPS) is 20.0. The number of hydrogen-bond donors (Lipinski definition) is 2. The zero-order valence-electron chi connectivity index (χ0n) is 12.0. The molecule has 1 atom stereocenters. The lowest BCUT2D eigenvalue weighted by Gasteiger charge is -2.30. The maximum atomic E-state index is 12.0. The van der Waals surface area contributed by atoms with Crippen molar-refractivity contribution in [1.82, 2.24) is 20.4 Å². The van der Waals surface area contributed by atoms with Gasteiger partial charge in [0.05, 0.1) is 12.5 Å². The highest BCUT2D eigenvalue weighted by Crippen LogP contribution is 2.18. The van der Waals surface area contributed by atoms with Crippen molar-refractivity contribution in [3.63, 3.8) is 0 Å². The minimum Gasteiger partial charge on any atom is -0.355 e. The van der Waals surface area contributed by atoms with Crippen molar-refractivity contribution in [2.24, 2.45) is 11.7 Å².